The van der Waals surface area contributed by atoms with E-state index in [2.05, 4.69) is 49.3 Å². The highest BCUT2D eigenvalue weighted by atomic mass is 16.5. The number of rotatable bonds is 6. The second-order valence-electron chi connectivity index (χ2n) is 6.88. The third-order valence-electron chi connectivity index (χ3n) is 4.58. The predicted molar refractivity (Wildman–Crippen MR) is 103 cm³/mol. The van der Waals surface area contributed by atoms with Crippen LogP contribution in [-0.4, -0.2) is 36.6 Å². The van der Waals surface area contributed by atoms with Gasteiger partial charge in [-0.25, -0.2) is 0 Å². The number of carboxylic acid groups (broad SMARTS) is 1. The molecule has 1 heterocycles. The van der Waals surface area contributed by atoms with Crippen LogP contribution in [0.5, 0.6) is 5.75 Å². The number of aryl methyl sites for hydroxylation is 1. The molecule has 4 nitrogen and oxygen atoms in total. The van der Waals surface area contributed by atoms with Gasteiger partial charge in [0.05, 0.1) is 0 Å². The van der Waals surface area contributed by atoms with Gasteiger partial charge in [-0.15, -0.1) is 0 Å². The molecule has 2 aromatic rings. The number of benzene rings is 2. The molecule has 4 heteroatoms. The molecular weight excluding hydrogens is 326 g/mol. The Labute approximate surface area is 154 Å². The van der Waals surface area contributed by atoms with E-state index in [1.807, 2.05) is 18.2 Å². The minimum atomic E-state index is -0.775. The van der Waals surface area contributed by atoms with Crippen LogP contribution in [0, 0.1) is 0 Å². The van der Waals surface area contributed by atoms with Gasteiger partial charge in [-0.3, -0.25) is 4.79 Å². The van der Waals surface area contributed by atoms with Gasteiger partial charge in [0.1, 0.15) is 12.4 Å². The van der Waals surface area contributed by atoms with Gasteiger partial charge in [0.25, 0.3) is 0 Å². The molecule has 136 valence electrons. The Bertz CT molecular complexity index is 824. The summed E-state index contributed by atoms with van der Waals surface area (Å²) in [6.45, 7) is 1.52. The normalized spacial score (nSPS) is 14.5. The molecule has 0 bridgehead atoms. The first-order chi connectivity index (χ1) is 12.5. The van der Waals surface area contributed by atoms with Crippen molar-refractivity contribution < 1.29 is 14.6 Å². The van der Waals surface area contributed by atoms with Crippen LogP contribution < -0.4 is 4.74 Å². The van der Waals surface area contributed by atoms with E-state index in [4.69, 9.17) is 9.84 Å². The molecule has 0 spiro atoms. The Kier molecular flexibility index (Phi) is 5.74. The van der Waals surface area contributed by atoms with Gasteiger partial charge >= 0.3 is 5.97 Å². The summed E-state index contributed by atoms with van der Waals surface area (Å²) in [5, 5.41) is 8.97. The van der Waals surface area contributed by atoms with Crippen LogP contribution in [-0.2, 0) is 17.8 Å². The predicted octanol–water partition coefficient (Wildman–Crippen LogP) is 3.98. The summed E-state index contributed by atoms with van der Waals surface area (Å²) in [6.07, 6.45) is 3.87. The van der Waals surface area contributed by atoms with Gasteiger partial charge < -0.3 is 14.7 Å². The lowest BCUT2D eigenvalue weighted by molar-refractivity contribution is -0.136. The molecule has 3 rings (SSSR count). The fourth-order valence-electron chi connectivity index (χ4n) is 3.22. The van der Waals surface area contributed by atoms with Crippen LogP contribution in [0.15, 0.2) is 48.5 Å². The van der Waals surface area contributed by atoms with E-state index in [-0.39, 0.29) is 6.42 Å². The standard InChI is InChI=1S/C22H25NO3/c1-23(2)13-5-8-19-18-7-4-3-6-17(18)15-26-21-11-9-16(14-20(19)21)10-12-22(24)25/h3-4,6-9,11,14H,5,10,12-13,15H2,1-2H3,(H,24,25)/b19-8-. The smallest absolute Gasteiger partial charge is 0.303 e. The molecule has 0 amide bonds. The van der Waals surface area contributed by atoms with Crippen LogP contribution in [0.25, 0.3) is 5.57 Å². The highest BCUT2D eigenvalue weighted by Gasteiger charge is 2.19. The van der Waals surface area contributed by atoms with Crippen LogP contribution in [0.2, 0.25) is 0 Å². The quantitative estimate of drug-likeness (QED) is 0.855. The molecule has 0 saturated carbocycles. The molecule has 1 N–H and O–H groups in total. The lowest BCUT2D eigenvalue weighted by Crippen LogP contribution is -2.12. The average molecular weight is 351 g/mol. The molecular formula is C22H25NO3. The highest BCUT2D eigenvalue weighted by Crippen LogP contribution is 2.37. The van der Waals surface area contributed by atoms with E-state index in [0.29, 0.717) is 13.0 Å². The van der Waals surface area contributed by atoms with E-state index < -0.39 is 5.97 Å². The van der Waals surface area contributed by atoms with Crippen molar-refractivity contribution in [3.8, 4) is 5.75 Å². The van der Waals surface area contributed by atoms with Crippen LogP contribution in [0.1, 0.15) is 35.1 Å². The molecule has 26 heavy (non-hydrogen) atoms. The summed E-state index contributed by atoms with van der Waals surface area (Å²) in [5.74, 6) is 0.0830. The van der Waals surface area contributed by atoms with E-state index in [1.165, 1.54) is 16.7 Å². The van der Waals surface area contributed by atoms with E-state index in [9.17, 15) is 4.79 Å². The van der Waals surface area contributed by atoms with Gasteiger partial charge in [0, 0.05) is 18.5 Å². The molecule has 0 atom stereocenters. The fourth-order valence-corrected chi connectivity index (χ4v) is 3.22. The molecule has 1 aliphatic heterocycles. The third kappa shape index (κ3) is 4.33. The number of ether oxygens (including phenoxy) is 1. The summed E-state index contributed by atoms with van der Waals surface area (Å²) < 4.78 is 6.05. The van der Waals surface area contributed by atoms with Crippen molar-refractivity contribution in [2.24, 2.45) is 0 Å². The second-order valence-corrected chi connectivity index (χ2v) is 6.88. The van der Waals surface area contributed by atoms with Crippen LogP contribution in [0.3, 0.4) is 0 Å². The molecule has 0 radical (unpaired) electrons. The minimum absolute atomic E-state index is 0.135. The summed E-state index contributed by atoms with van der Waals surface area (Å²) in [6, 6.07) is 14.4. The highest BCUT2D eigenvalue weighted by molar-refractivity contribution is 5.85. The van der Waals surface area contributed by atoms with Crippen molar-refractivity contribution in [3.05, 3.63) is 70.8 Å². The Morgan fingerprint density at radius 2 is 2.00 bits per heavy atom. The molecule has 0 aliphatic carbocycles. The fraction of sp³-hybridized carbons (Fsp3) is 0.318. The number of aliphatic carboxylic acids is 1. The zero-order chi connectivity index (χ0) is 18.5. The van der Waals surface area contributed by atoms with E-state index in [1.54, 1.807) is 0 Å². The third-order valence-corrected chi connectivity index (χ3v) is 4.58. The zero-order valence-electron chi connectivity index (χ0n) is 15.4. The minimum Gasteiger partial charge on any atom is -0.488 e. The Hall–Kier alpha value is -2.59. The van der Waals surface area contributed by atoms with Crippen LogP contribution >= 0.6 is 0 Å². The van der Waals surface area contributed by atoms with Crippen molar-refractivity contribution in [3.63, 3.8) is 0 Å². The van der Waals surface area contributed by atoms with Crippen molar-refractivity contribution >= 4 is 11.5 Å². The maximum atomic E-state index is 10.9. The van der Waals surface area contributed by atoms with Gasteiger partial charge in [-0.1, -0.05) is 36.4 Å². The molecule has 2 aromatic carbocycles. The largest absolute Gasteiger partial charge is 0.488 e. The summed E-state index contributed by atoms with van der Waals surface area (Å²) in [7, 11) is 4.14. The van der Waals surface area contributed by atoms with Crippen molar-refractivity contribution in [1.82, 2.24) is 4.90 Å². The topological polar surface area (TPSA) is 49.8 Å². The summed E-state index contributed by atoms with van der Waals surface area (Å²) in [4.78, 5) is 13.1. The van der Waals surface area contributed by atoms with E-state index in [0.717, 1.165) is 29.8 Å². The number of hydrogen-bond donors (Lipinski definition) is 1. The summed E-state index contributed by atoms with van der Waals surface area (Å²) in [5.41, 5.74) is 5.61. The molecule has 1 aliphatic rings. The molecule has 0 saturated heterocycles. The van der Waals surface area contributed by atoms with Crippen molar-refractivity contribution in [2.45, 2.75) is 25.9 Å². The van der Waals surface area contributed by atoms with Gasteiger partial charge in [0.2, 0.25) is 0 Å². The number of fused-ring (bicyclic) bond motifs is 2. The van der Waals surface area contributed by atoms with Crippen LogP contribution in [0.4, 0.5) is 0 Å². The van der Waals surface area contributed by atoms with Gasteiger partial charge in [-0.05, 0) is 61.3 Å². The van der Waals surface area contributed by atoms with Crippen molar-refractivity contribution in [2.75, 3.05) is 20.6 Å². The average Bonchev–Trinajstić information content (AvgIpc) is 2.77. The maximum absolute atomic E-state index is 10.9. The zero-order valence-corrected chi connectivity index (χ0v) is 15.4. The first-order valence-corrected chi connectivity index (χ1v) is 8.95. The van der Waals surface area contributed by atoms with Gasteiger partial charge in [0.15, 0.2) is 0 Å². The molecule has 0 unspecified atom stereocenters. The number of carbonyl (C=O) groups is 1. The SMILES string of the molecule is CN(C)CC/C=C1/c2ccccc2COc2ccc(CCC(=O)O)cc21. The number of hydrogen-bond acceptors (Lipinski definition) is 3. The lowest BCUT2D eigenvalue weighted by atomic mass is 9.92. The Balaban J connectivity index is 2.02. The Morgan fingerprint density at radius 1 is 1.19 bits per heavy atom. The van der Waals surface area contributed by atoms with Gasteiger partial charge in [-0.2, -0.15) is 0 Å². The molecule has 0 aromatic heterocycles. The maximum Gasteiger partial charge on any atom is 0.303 e. The molecule has 0 fully saturated rings. The van der Waals surface area contributed by atoms with E-state index >= 15 is 0 Å². The first-order valence-electron chi connectivity index (χ1n) is 8.95. The monoisotopic (exact) mass is 351 g/mol. The van der Waals surface area contributed by atoms with Crippen molar-refractivity contribution in [1.29, 1.82) is 0 Å². The lowest BCUT2D eigenvalue weighted by Gasteiger charge is -2.13. The first kappa shape index (κ1) is 18.2. The number of carboxylic acids is 1. The number of nitrogens with zero attached hydrogens (tertiary/aromatic N) is 1. The summed E-state index contributed by atoms with van der Waals surface area (Å²) >= 11 is 0. The second kappa shape index (κ2) is 8.19. The Morgan fingerprint density at radius 3 is 2.77 bits per heavy atom.